The second-order valence-electron chi connectivity index (χ2n) is 0.829. The second-order valence-corrected chi connectivity index (χ2v) is 1.24. The number of hydrogen-bond acceptors (Lipinski definition) is 3. The van der Waals surface area contributed by atoms with Crippen LogP contribution in [0.5, 0.6) is 0 Å². The summed E-state index contributed by atoms with van der Waals surface area (Å²) in [7, 11) is 0.651. The predicted octanol–water partition coefficient (Wildman–Crippen LogP) is -1.50. The zero-order chi connectivity index (χ0) is 5.70. The summed E-state index contributed by atoms with van der Waals surface area (Å²) in [4.78, 5) is 14.3. The molecule has 7 heavy (non-hydrogen) atoms. The molecule has 0 aliphatic rings. The van der Waals surface area contributed by atoms with Gasteiger partial charge < -0.3 is 4.84 Å². The van der Waals surface area contributed by atoms with Crippen LogP contribution in [0.25, 0.3) is 0 Å². The molecular weight excluding hydrogens is 110 g/mol. The van der Waals surface area contributed by atoms with Crippen molar-refractivity contribution >= 4 is 16.4 Å². The Balaban J connectivity index is 3.17. The van der Waals surface area contributed by atoms with E-state index in [-0.39, 0.29) is 0 Å². The Kier molecular flexibility index (Phi) is 3.26. The minimum atomic E-state index is -0.435. The maximum atomic E-state index is 10.0. The van der Waals surface area contributed by atoms with Gasteiger partial charge in [0.05, 0.1) is 0 Å². The molecule has 0 aliphatic carbocycles. The Morgan fingerprint density at radius 2 is 2.57 bits per heavy atom. The van der Waals surface area contributed by atoms with Crippen LogP contribution in [0.2, 0.25) is 0 Å². The molecule has 0 aromatic rings. The molecule has 40 valence electrons. The monoisotopic (exact) mass is 117 g/mol. The molecule has 0 rings (SSSR count). The van der Waals surface area contributed by atoms with Crippen LogP contribution in [0.3, 0.4) is 0 Å². The average molecular weight is 117 g/mol. The summed E-state index contributed by atoms with van der Waals surface area (Å²) in [6.07, 6.45) is 1.10. The van der Waals surface area contributed by atoms with Crippen molar-refractivity contribution in [3.63, 3.8) is 0 Å². The van der Waals surface area contributed by atoms with E-state index >= 15 is 0 Å². The summed E-state index contributed by atoms with van der Waals surface area (Å²) in [5, 5.41) is 2.34. The first kappa shape index (κ1) is 6.39. The highest BCUT2D eigenvalue weighted by Crippen LogP contribution is 1.67. The van der Waals surface area contributed by atoms with E-state index in [1.165, 1.54) is 0 Å². The quantitative estimate of drug-likeness (QED) is 0.272. The van der Waals surface area contributed by atoms with Crippen LogP contribution in [-0.2, 0) is 9.63 Å². The molecule has 0 unspecified atom stereocenters. The van der Waals surface area contributed by atoms with E-state index in [0.717, 1.165) is 6.08 Å². The fourth-order valence-corrected chi connectivity index (χ4v) is 0.343. The standard InChI is InChI=1S/C3H7NO2Si/c1-2-3(5)6-4-7/h2,4H,1H2,7H3. The summed E-state index contributed by atoms with van der Waals surface area (Å²) in [5.41, 5.74) is 0. The van der Waals surface area contributed by atoms with E-state index in [1.807, 2.05) is 0 Å². The second kappa shape index (κ2) is 3.57. The fraction of sp³-hybridized carbons (Fsp3) is 0. The van der Waals surface area contributed by atoms with E-state index < -0.39 is 5.97 Å². The Bertz CT molecular complexity index is 83.0. The van der Waals surface area contributed by atoms with E-state index in [1.54, 1.807) is 0 Å². The van der Waals surface area contributed by atoms with Gasteiger partial charge in [0.1, 0.15) is 10.4 Å². The number of nitrogens with one attached hydrogen (secondary N) is 1. The molecule has 0 aromatic heterocycles. The topological polar surface area (TPSA) is 38.3 Å². The first-order valence-electron chi connectivity index (χ1n) is 1.81. The minimum absolute atomic E-state index is 0.435. The SMILES string of the molecule is C=CC(=O)ON[SiH3]. The lowest BCUT2D eigenvalue weighted by Gasteiger charge is -1.92. The summed E-state index contributed by atoms with van der Waals surface area (Å²) < 4.78 is 0. The first-order chi connectivity index (χ1) is 3.31. The molecule has 4 heteroatoms. The van der Waals surface area contributed by atoms with Gasteiger partial charge in [-0.15, -0.1) is 0 Å². The lowest BCUT2D eigenvalue weighted by molar-refractivity contribution is -0.141. The molecule has 0 atom stereocenters. The molecule has 1 N–H and O–H groups in total. The van der Waals surface area contributed by atoms with Gasteiger partial charge in [0.2, 0.25) is 0 Å². The van der Waals surface area contributed by atoms with Gasteiger partial charge in [0.25, 0.3) is 0 Å². The van der Waals surface area contributed by atoms with Gasteiger partial charge in [0.15, 0.2) is 0 Å². The van der Waals surface area contributed by atoms with Crippen LogP contribution < -0.4 is 5.15 Å². The fourth-order valence-electron chi connectivity index (χ4n) is 0.142. The number of hydrogen-bond donors (Lipinski definition) is 1. The van der Waals surface area contributed by atoms with Gasteiger partial charge in [-0.05, 0) is 0 Å². The Morgan fingerprint density at radius 1 is 2.00 bits per heavy atom. The Morgan fingerprint density at radius 3 is 2.71 bits per heavy atom. The molecule has 3 nitrogen and oxygen atoms in total. The molecule has 0 spiro atoms. The van der Waals surface area contributed by atoms with Gasteiger partial charge in [-0.25, -0.2) is 4.79 Å². The molecule has 0 saturated carbocycles. The molecule has 0 amide bonds. The van der Waals surface area contributed by atoms with E-state index in [9.17, 15) is 4.79 Å². The largest absolute Gasteiger partial charge is 0.376 e. The third-order valence-electron chi connectivity index (χ3n) is 0.369. The zero-order valence-corrected chi connectivity index (χ0v) is 6.10. The van der Waals surface area contributed by atoms with Crippen LogP contribution in [0.15, 0.2) is 12.7 Å². The van der Waals surface area contributed by atoms with Crippen molar-refractivity contribution in [1.82, 2.24) is 5.15 Å². The van der Waals surface area contributed by atoms with Crippen LogP contribution in [0.4, 0.5) is 0 Å². The Hall–Kier alpha value is -0.613. The lowest BCUT2D eigenvalue weighted by atomic mass is 10.7. The number of carbonyl (C=O) groups is 1. The van der Waals surface area contributed by atoms with Gasteiger partial charge in [-0.3, -0.25) is 0 Å². The predicted molar refractivity (Wildman–Crippen MR) is 29.4 cm³/mol. The third-order valence-corrected chi connectivity index (χ3v) is 0.573. The van der Waals surface area contributed by atoms with Gasteiger partial charge in [0, 0.05) is 6.08 Å². The normalized spacial score (nSPS) is 8.00. The zero-order valence-electron chi connectivity index (χ0n) is 4.10. The number of rotatable bonds is 2. The third kappa shape index (κ3) is 3.21. The number of carbonyl (C=O) groups excluding carboxylic acids is 1. The van der Waals surface area contributed by atoms with Crippen LogP contribution >= 0.6 is 0 Å². The molecule has 0 heterocycles. The van der Waals surface area contributed by atoms with Crippen molar-refractivity contribution in [3.05, 3.63) is 12.7 Å². The summed E-state index contributed by atoms with van der Waals surface area (Å²) in [6.45, 7) is 3.18. The van der Waals surface area contributed by atoms with Crippen LogP contribution in [-0.4, -0.2) is 16.4 Å². The molecule has 0 aromatic carbocycles. The average Bonchev–Trinajstić information content (AvgIpc) is 1.68. The summed E-state index contributed by atoms with van der Waals surface area (Å²) in [5.74, 6) is -0.435. The van der Waals surface area contributed by atoms with Crippen molar-refractivity contribution in [2.75, 3.05) is 0 Å². The van der Waals surface area contributed by atoms with Crippen molar-refractivity contribution in [1.29, 1.82) is 0 Å². The van der Waals surface area contributed by atoms with Crippen molar-refractivity contribution < 1.29 is 9.63 Å². The van der Waals surface area contributed by atoms with Crippen LogP contribution in [0.1, 0.15) is 0 Å². The van der Waals surface area contributed by atoms with E-state index in [4.69, 9.17) is 0 Å². The van der Waals surface area contributed by atoms with Crippen molar-refractivity contribution in [2.45, 2.75) is 0 Å². The molecule has 0 fully saturated rings. The van der Waals surface area contributed by atoms with Gasteiger partial charge in [-0.2, -0.15) is 5.15 Å². The van der Waals surface area contributed by atoms with Gasteiger partial charge >= 0.3 is 5.97 Å². The highest BCUT2D eigenvalue weighted by Gasteiger charge is 1.86. The van der Waals surface area contributed by atoms with E-state index in [0.29, 0.717) is 10.4 Å². The maximum Gasteiger partial charge on any atom is 0.348 e. The summed E-state index contributed by atoms with van der Waals surface area (Å²) in [6, 6.07) is 0. The summed E-state index contributed by atoms with van der Waals surface area (Å²) >= 11 is 0. The molecule has 0 bridgehead atoms. The Labute approximate surface area is 44.8 Å². The molecule has 0 aliphatic heterocycles. The lowest BCUT2D eigenvalue weighted by Crippen LogP contribution is -2.13. The molecule has 0 radical (unpaired) electrons. The smallest absolute Gasteiger partial charge is 0.348 e. The van der Waals surface area contributed by atoms with E-state index in [2.05, 4.69) is 16.6 Å². The maximum absolute atomic E-state index is 10.0. The molecular formula is C3H7NO2Si. The highest BCUT2D eigenvalue weighted by molar-refractivity contribution is 6.04. The van der Waals surface area contributed by atoms with Gasteiger partial charge in [-0.1, -0.05) is 6.58 Å². The minimum Gasteiger partial charge on any atom is -0.376 e. The highest BCUT2D eigenvalue weighted by atomic mass is 28.2. The first-order valence-corrected chi connectivity index (χ1v) is 2.81. The van der Waals surface area contributed by atoms with Crippen molar-refractivity contribution in [3.8, 4) is 0 Å². The van der Waals surface area contributed by atoms with Crippen LogP contribution in [0, 0.1) is 0 Å². The van der Waals surface area contributed by atoms with Crippen molar-refractivity contribution in [2.24, 2.45) is 0 Å². The molecule has 0 saturated heterocycles.